The molecule has 4 amide bonds. The van der Waals surface area contributed by atoms with Crippen LogP contribution in [0.4, 0.5) is 0 Å². The first-order chi connectivity index (χ1) is 15.3. The van der Waals surface area contributed by atoms with Gasteiger partial charge < -0.3 is 9.84 Å². The maximum atomic E-state index is 13.1. The van der Waals surface area contributed by atoms with E-state index in [1.165, 1.54) is 7.05 Å². The van der Waals surface area contributed by atoms with Crippen LogP contribution in [0.2, 0.25) is 0 Å². The van der Waals surface area contributed by atoms with Gasteiger partial charge in [0.05, 0.1) is 17.7 Å². The number of carbonyl (C=O) groups is 5. The van der Waals surface area contributed by atoms with Crippen molar-refractivity contribution in [2.24, 2.45) is 0 Å². The number of ether oxygens (including phenoxy) is 1. The van der Waals surface area contributed by atoms with Crippen molar-refractivity contribution in [2.75, 3.05) is 13.7 Å². The molecule has 0 aromatic heterocycles. The summed E-state index contributed by atoms with van der Waals surface area (Å²) in [5, 5.41) is 8.62. The van der Waals surface area contributed by atoms with Gasteiger partial charge in [-0.2, -0.15) is 0 Å². The van der Waals surface area contributed by atoms with Crippen LogP contribution < -0.4 is 4.74 Å². The Balaban J connectivity index is 1.55. The third-order valence-corrected chi connectivity index (χ3v) is 5.88. The summed E-state index contributed by atoms with van der Waals surface area (Å²) in [6, 6.07) is 3.84. The van der Waals surface area contributed by atoms with Gasteiger partial charge in [-0.3, -0.25) is 33.8 Å². The van der Waals surface area contributed by atoms with Gasteiger partial charge in [0.25, 0.3) is 17.7 Å². The number of piperidine rings is 1. The number of aliphatic carboxylic acids is 1. The number of hydrogen-bond donors (Lipinski definition) is 1. The van der Waals surface area contributed by atoms with Gasteiger partial charge in [0, 0.05) is 19.9 Å². The van der Waals surface area contributed by atoms with E-state index >= 15 is 0 Å². The second kappa shape index (κ2) is 10.4. The van der Waals surface area contributed by atoms with Crippen LogP contribution in [0.1, 0.15) is 78.5 Å². The molecule has 2 aliphatic rings. The highest BCUT2D eigenvalue weighted by Crippen LogP contribution is 2.34. The molecule has 1 aromatic carbocycles. The van der Waals surface area contributed by atoms with Crippen molar-refractivity contribution in [3.63, 3.8) is 0 Å². The van der Waals surface area contributed by atoms with Crippen LogP contribution in [0, 0.1) is 0 Å². The number of carboxylic acid groups (broad SMARTS) is 1. The summed E-state index contributed by atoms with van der Waals surface area (Å²) in [6.45, 7) is 0.382. The maximum absolute atomic E-state index is 13.1. The molecule has 0 spiro atoms. The minimum absolute atomic E-state index is 0.0972. The molecule has 1 atom stereocenters. The van der Waals surface area contributed by atoms with Crippen LogP contribution in [-0.2, 0) is 14.4 Å². The lowest BCUT2D eigenvalue weighted by atomic mass is 10.0. The number of nitrogens with zero attached hydrogens (tertiary/aromatic N) is 2. The van der Waals surface area contributed by atoms with Crippen LogP contribution in [-0.4, -0.2) is 64.2 Å². The number of hydrogen-bond acceptors (Lipinski definition) is 6. The van der Waals surface area contributed by atoms with Crippen LogP contribution in [0.25, 0.3) is 0 Å². The minimum atomic E-state index is -0.987. The van der Waals surface area contributed by atoms with Gasteiger partial charge in [0.2, 0.25) is 5.91 Å². The fourth-order valence-corrected chi connectivity index (χ4v) is 4.08. The summed E-state index contributed by atoms with van der Waals surface area (Å²) >= 11 is 0. The molecule has 1 fully saturated rings. The molecule has 2 heterocycles. The van der Waals surface area contributed by atoms with Crippen LogP contribution in [0.15, 0.2) is 18.2 Å². The Morgan fingerprint density at radius 3 is 2.44 bits per heavy atom. The van der Waals surface area contributed by atoms with E-state index in [1.807, 2.05) is 0 Å². The van der Waals surface area contributed by atoms with Crippen molar-refractivity contribution in [3.8, 4) is 5.75 Å². The molecule has 0 aliphatic carbocycles. The Morgan fingerprint density at radius 2 is 1.72 bits per heavy atom. The highest BCUT2D eigenvalue weighted by molar-refractivity contribution is 6.24. The van der Waals surface area contributed by atoms with Gasteiger partial charge in [-0.05, 0) is 31.4 Å². The molecule has 32 heavy (non-hydrogen) atoms. The van der Waals surface area contributed by atoms with Crippen molar-refractivity contribution in [2.45, 2.75) is 63.8 Å². The van der Waals surface area contributed by atoms with Gasteiger partial charge in [0.1, 0.15) is 11.8 Å². The van der Waals surface area contributed by atoms with E-state index < -0.39 is 29.7 Å². The Kier molecular flexibility index (Phi) is 7.61. The van der Waals surface area contributed by atoms with Crippen LogP contribution in [0.3, 0.4) is 0 Å². The highest BCUT2D eigenvalue weighted by atomic mass is 16.5. The highest BCUT2D eigenvalue weighted by Gasteiger charge is 2.47. The molecule has 9 nitrogen and oxygen atoms in total. The first-order valence-corrected chi connectivity index (χ1v) is 11.0. The molecule has 0 saturated carbocycles. The molecule has 0 radical (unpaired) electrons. The minimum Gasteiger partial charge on any atom is -0.493 e. The van der Waals surface area contributed by atoms with Gasteiger partial charge in [-0.1, -0.05) is 31.7 Å². The molecule has 1 unspecified atom stereocenters. The molecular weight excluding hydrogens is 416 g/mol. The molecule has 1 aromatic rings. The summed E-state index contributed by atoms with van der Waals surface area (Å²) in [7, 11) is 1.36. The standard InChI is InChI=1S/C23H28N2O7/c1-24-18(26)13-12-16(22(24)30)25-21(29)15-9-8-10-17(20(15)23(25)31)32-14-7-5-3-2-4-6-11-19(27)28/h8-10,16H,2-7,11-14H2,1H3,(H,27,28). The Hall–Kier alpha value is -3.23. The lowest BCUT2D eigenvalue weighted by Crippen LogP contribution is -2.54. The number of likely N-dealkylation sites (tertiary alicyclic amines) is 1. The molecule has 1 N–H and O–H groups in total. The third-order valence-electron chi connectivity index (χ3n) is 5.88. The van der Waals surface area contributed by atoms with Crippen LogP contribution in [0.5, 0.6) is 5.75 Å². The van der Waals surface area contributed by atoms with Crippen molar-refractivity contribution in [1.29, 1.82) is 0 Å². The molecule has 0 bridgehead atoms. The smallest absolute Gasteiger partial charge is 0.303 e. The lowest BCUT2D eigenvalue weighted by Gasteiger charge is -2.32. The third kappa shape index (κ3) is 4.98. The summed E-state index contributed by atoms with van der Waals surface area (Å²) in [6.07, 6.45) is 5.59. The second-order valence-electron chi connectivity index (χ2n) is 8.12. The van der Waals surface area contributed by atoms with Gasteiger partial charge >= 0.3 is 5.97 Å². The van der Waals surface area contributed by atoms with Gasteiger partial charge in [0.15, 0.2) is 0 Å². The van der Waals surface area contributed by atoms with Gasteiger partial charge in [-0.15, -0.1) is 0 Å². The van der Waals surface area contributed by atoms with Gasteiger partial charge in [-0.25, -0.2) is 0 Å². The molecular formula is C23H28N2O7. The summed E-state index contributed by atoms with van der Waals surface area (Å²) < 4.78 is 5.80. The maximum Gasteiger partial charge on any atom is 0.303 e. The normalized spacial score (nSPS) is 18.3. The van der Waals surface area contributed by atoms with Crippen molar-refractivity contribution in [1.82, 2.24) is 9.80 Å². The molecule has 9 heteroatoms. The fraction of sp³-hybridized carbons (Fsp3) is 0.522. The number of unbranched alkanes of at least 4 members (excludes halogenated alkanes) is 5. The quantitative estimate of drug-likeness (QED) is 0.411. The molecule has 1 saturated heterocycles. The van der Waals surface area contributed by atoms with E-state index in [9.17, 15) is 24.0 Å². The topological polar surface area (TPSA) is 121 Å². The average molecular weight is 444 g/mol. The number of rotatable bonds is 11. The number of likely N-dealkylation sites (N-methyl/N-ethyl adjacent to an activating group) is 1. The Morgan fingerprint density at radius 1 is 1.03 bits per heavy atom. The molecule has 3 rings (SSSR count). The first-order valence-electron chi connectivity index (χ1n) is 11.0. The van der Waals surface area contributed by atoms with E-state index in [0.29, 0.717) is 18.8 Å². The molecule has 172 valence electrons. The predicted molar refractivity (Wildman–Crippen MR) is 113 cm³/mol. The number of amides is 4. The monoisotopic (exact) mass is 444 g/mol. The SMILES string of the molecule is CN1C(=O)CCC(N2C(=O)c3cccc(OCCCCCCCCC(=O)O)c3C2=O)C1=O. The first kappa shape index (κ1) is 23.4. The van der Waals surface area contributed by atoms with E-state index in [1.54, 1.807) is 18.2 Å². The summed E-state index contributed by atoms with van der Waals surface area (Å²) in [5.74, 6) is -2.44. The lowest BCUT2D eigenvalue weighted by molar-refractivity contribution is -0.149. The van der Waals surface area contributed by atoms with E-state index in [2.05, 4.69) is 0 Å². The number of carboxylic acids is 1. The van der Waals surface area contributed by atoms with Crippen LogP contribution >= 0.6 is 0 Å². The summed E-state index contributed by atoms with van der Waals surface area (Å²) in [4.78, 5) is 62.6. The molecule has 2 aliphatic heterocycles. The zero-order chi connectivity index (χ0) is 23.3. The zero-order valence-corrected chi connectivity index (χ0v) is 18.2. The summed E-state index contributed by atoms with van der Waals surface area (Å²) in [5.41, 5.74) is 0.372. The Bertz CT molecular complexity index is 927. The van der Waals surface area contributed by atoms with Crippen molar-refractivity contribution >= 4 is 29.6 Å². The number of fused-ring (bicyclic) bond motifs is 1. The van der Waals surface area contributed by atoms with E-state index in [4.69, 9.17) is 9.84 Å². The van der Waals surface area contributed by atoms with E-state index in [-0.39, 0.29) is 36.3 Å². The van der Waals surface area contributed by atoms with Crippen molar-refractivity contribution in [3.05, 3.63) is 29.3 Å². The fourth-order valence-electron chi connectivity index (χ4n) is 4.08. The predicted octanol–water partition coefficient (Wildman–Crippen LogP) is 2.62. The number of carbonyl (C=O) groups excluding carboxylic acids is 4. The zero-order valence-electron chi connectivity index (χ0n) is 18.2. The average Bonchev–Trinajstić information content (AvgIpc) is 3.02. The van der Waals surface area contributed by atoms with Crippen molar-refractivity contribution < 1.29 is 33.8 Å². The Labute approximate surface area is 186 Å². The second-order valence-corrected chi connectivity index (χ2v) is 8.12. The van der Waals surface area contributed by atoms with E-state index in [0.717, 1.165) is 41.9 Å². The number of benzene rings is 1. The largest absolute Gasteiger partial charge is 0.493 e. The number of imide groups is 2.